The summed E-state index contributed by atoms with van der Waals surface area (Å²) in [4.78, 5) is 30.9. The van der Waals surface area contributed by atoms with Gasteiger partial charge in [-0.25, -0.2) is 22.9 Å². The molecular weight excluding hydrogens is 494 g/mol. The fourth-order valence-corrected chi connectivity index (χ4v) is 7.44. The Morgan fingerprint density at radius 1 is 1.31 bits per heavy atom. The highest BCUT2D eigenvalue weighted by Gasteiger charge is 2.60. The number of carboxylic acids is 1. The van der Waals surface area contributed by atoms with Gasteiger partial charge in [0.25, 0.3) is 10.0 Å². The molecule has 1 fully saturated rings. The first kappa shape index (κ1) is 23.5. The Bertz CT molecular complexity index is 1490. The maximum absolute atomic E-state index is 13.0. The summed E-state index contributed by atoms with van der Waals surface area (Å²) in [6.45, 7) is 3.37. The molecule has 2 aromatic heterocycles. The molecule has 0 aliphatic carbocycles. The molecule has 35 heavy (non-hydrogen) atoms. The second-order valence-corrected chi connectivity index (χ2v) is 11.5. The number of amides is 1. The lowest BCUT2D eigenvalue weighted by Gasteiger charge is -2.46. The molecule has 0 radical (unpaired) electrons. The van der Waals surface area contributed by atoms with E-state index in [2.05, 4.69) is 9.71 Å². The second-order valence-electron chi connectivity index (χ2n) is 8.75. The van der Waals surface area contributed by atoms with E-state index in [0.717, 1.165) is 16.9 Å². The van der Waals surface area contributed by atoms with Gasteiger partial charge >= 0.3 is 5.97 Å². The van der Waals surface area contributed by atoms with Gasteiger partial charge < -0.3 is 20.8 Å². The van der Waals surface area contributed by atoms with Crippen LogP contribution in [0.1, 0.15) is 24.3 Å². The van der Waals surface area contributed by atoms with Gasteiger partial charge in [0.2, 0.25) is 10.9 Å². The lowest BCUT2D eigenvalue weighted by Crippen LogP contribution is -2.63. The normalized spacial score (nSPS) is 23.0. The molecule has 0 bridgehead atoms. The first-order chi connectivity index (χ1) is 16.5. The number of nitrogen functional groups attached to an aromatic ring is 1. The van der Waals surface area contributed by atoms with Crippen LogP contribution in [-0.2, 0) is 26.2 Å². The number of rotatable bonds is 7. The number of nitrogens with two attached hydrogens (primary N) is 1. The molecule has 1 amide bonds. The standard InChI is InChI=1S/C22H23N5O6S2/c1-10-15(18(22(30)31)27-17(10)16(11(2)28)20(27)29)14-8-26-9-24-19(21(26)34-14)35(32,33)25-7-12-3-5-13(23)6-4-12/h3-6,8-11,16-17,25,28H,7,23H2,1-2H3,(H,30,31)/t10-,11+,16+,17+/m0/s1. The maximum atomic E-state index is 13.0. The fraction of sp³-hybridized carbons (Fsp3) is 0.318. The van der Waals surface area contributed by atoms with Gasteiger partial charge in [-0.05, 0) is 24.6 Å². The zero-order valence-corrected chi connectivity index (χ0v) is 20.4. The van der Waals surface area contributed by atoms with E-state index in [1.54, 1.807) is 30.5 Å². The van der Waals surface area contributed by atoms with Crippen LogP contribution in [0.4, 0.5) is 5.69 Å². The molecule has 1 saturated heterocycles. The first-order valence-corrected chi connectivity index (χ1v) is 13.1. The van der Waals surface area contributed by atoms with Crippen molar-refractivity contribution in [3.05, 3.63) is 52.9 Å². The summed E-state index contributed by atoms with van der Waals surface area (Å²) >= 11 is 1.09. The molecule has 13 heteroatoms. The van der Waals surface area contributed by atoms with Crippen molar-refractivity contribution in [2.24, 2.45) is 11.8 Å². The monoisotopic (exact) mass is 517 g/mol. The zero-order chi connectivity index (χ0) is 25.2. The molecule has 11 nitrogen and oxygen atoms in total. The Labute approximate surface area is 204 Å². The Kier molecular flexibility index (Phi) is 5.47. The average molecular weight is 518 g/mol. The molecule has 0 unspecified atom stereocenters. The van der Waals surface area contributed by atoms with E-state index in [1.165, 1.54) is 22.6 Å². The van der Waals surface area contributed by atoms with E-state index in [4.69, 9.17) is 5.73 Å². The van der Waals surface area contributed by atoms with Crippen LogP contribution in [0, 0.1) is 11.8 Å². The number of thiazole rings is 1. The van der Waals surface area contributed by atoms with Crippen molar-refractivity contribution in [2.75, 3.05) is 5.73 Å². The van der Waals surface area contributed by atoms with Crippen LogP contribution in [0.3, 0.4) is 0 Å². The third kappa shape index (κ3) is 3.62. The van der Waals surface area contributed by atoms with Gasteiger partial charge in [-0.3, -0.25) is 9.20 Å². The lowest BCUT2D eigenvalue weighted by atomic mass is 9.77. The van der Waals surface area contributed by atoms with Crippen molar-refractivity contribution in [1.29, 1.82) is 0 Å². The summed E-state index contributed by atoms with van der Waals surface area (Å²) in [5.74, 6) is -2.72. The number of hydrogen-bond donors (Lipinski definition) is 4. The Morgan fingerprint density at radius 2 is 2.00 bits per heavy atom. The number of aromatic nitrogens is 2. The van der Waals surface area contributed by atoms with E-state index >= 15 is 0 Å². The smallest absolute Gasteiger partial charge is 0.352 e. The number of benzene rings is 1. The number of carboxylic acid groups (broad SMARTS) is 1. The van der Waals surface area contributed by atoms with Crippen molar-refractivity contribution >= 4 is 49.3 Å². The minimum atomic E-state index is -3.98. The third-order valence-corrected chi connectivity index (χ3v) is 9.12. The zero-order valence-electron chi connectivity index (χ0n) is 18.7. The van der Waals surface area contributed by atoms with E-state index in [-0.39, 0.29) is 23.2 Å². The molecule has 0 spiro atoms. The van der Waals surface area contributed by atoms with Crippen LogP contribution in [0.25, 0.3) is 10.4 Å². The van der Waals surface area contributed by atoms with E-state index in [9.17, 15) is 28.2 Å². The van der Waals surface area contributed by atoms with Gasteiger partial charge in [-0.2, -0.15) is 0 Å². The molecule has 4 atom stereocenters. The minimum absolute atomic E-state index is 0.0463. The second kappa shape index (κ2) is 8.16. The van der Waals surface area contributed by atoms with Crippen LogP contribution < -0.4 is 10.5 Å². The van der Waals surface area contributed by atoms with Crippen molar-refractivity contribution in [3.63, 3.8) is 0 Å². The largest absolute Gasteiger partial charge is 0.477 e. The van der Waals surface area contributed by atoms with Crippen molar-refractivity contribution in [3.8, 4) is 0 Å². The number of anilines is 1. The number of carbonyl (C=O) groups is 2. The fourth-order valence-electron chi connectivity index (χ4n) is 4.86. The number of sulfonamides is 1. The summed E-state index contributed by atoms with van der Waals surface area (Å²) in [6, 6.07) is 6.33. The van der Waals surface area contributed by atoms with Crippen molar-refractivity contribution < 1.29 is 28.2 Å². The highest BCUT2D eigenvalue weighted by Crippen LogP contribution is 2.51. The number of carbonyl (C=O) groups excluding carboxylic acids is 1. The predicted molar refractivity (Wildman–Crippen MR) is 127 cm³/mol. The van der Waals surface area contributed by atoms with Crippen LogP contribution in [0.2, 0.25) is 0 Å². The third-order valence-electron chi connectivity index (χ3n) is 6.52. The molecule has 0 saturated carbocycles. The number of hydrogen-bond acceptors (Lipinski definition) is 8. The highest BCUT2D eigenvalue weighted by atomic mass is 32.2. The van der Waals surface area contributed by atoms with Crippen LogP contribution in [0.15, 0.2) is 47.5 Å². The first-order valence-electron chi connectivity index (χ1n) is 10.8. The molecule has 3 aromatic rings. The van der Waals surface area contributed by atoms with Crippen molar-refractivity contribution in [1.82, 2.24) is 19.0 Å². The van der Waals surface area contributed by atoms with Crippen molar-refractivity contribution in [2.45, 2.75) is 37.6 Å². The molecule has 4 heterocycles. The summed E-state index contributed by atoms with van der Waals surface area (Å²) in [5.41, 5.74) is 7.27. The quantitative estimate of drug-likeness (QED) is 0.267. The average Bonchev–Trinajstić information content (AvgIpc) is 3.43. The molecule has 184 valence electrons. The maximum Gasteiger partial charge on any atom is 0.352 e. The summed E-state index contributed by atoms with van der Waals surface area (Å²) in [5, 5.41) is 19.8. The minimum Gasteiger partial charge on any atom is -0.477 e. The number of nitrogens with zero attached hydrogens (tertiary/aromatic N) is 3. The lowest BCUT2D eigenvalue weighted by molar-refractivity contribution is -0.163. The summed E-state index contributed by atoms with van der Waals surface area (Å²) in [7, 11) is -3.98. The molecular formula is C22H23N5O6S2. The number of aliphatic hydroxyl groups excluding tert-OH is 1. The van der Waals surface area contributed by atoms with Gasteiger partial charge in [0, 0.05) is 29.9 Å². The van der Waals surface area contributed by atoms with E-state index in [0.29, 0.717) is 21.0 Å². The Morgan fingerprint density at radius 3 is 2.63 bits per heavy atom. The van der Waals surface area contributed by atoms with Crippen LogP contribution in [-0.4, -0.2) is 56.9 Å². The Hall–Kier alpha value is -3.26. The van der Waals surface area contributed by atoms with Gasteiger partial charge in [0.05, 0.1) is 22.9 Å². The van der Waals surface area contributed by atoms with E-state index < -0.39 is 40.0 Å². The topological polar surface area (TPSA) is 167 Å². The number of fused-ring (bicyclic) bond motifs is 2. The SMILES string of the molecule is C[C@@H](O)[C@H]1C(=O)N2C(C(=O)O)=C(c3cn4cnc(S(=O)(=O)NCc5ccc(N)cc5)c4s3)[C@H](C)[C@H]12. The van der Waals surface area contributed by atoms with Crippen LogP contribution >= 0.6 is 11.3 Å². The van der Waals surface area contributed by atoms with Gasteiger partial charge in [-0.15, -0.1) is 11.3 Å². The van der Waals surface area contributed by atoms with Crippen LogP contribution in [0.5, 0.6) is 0 Å². The molecule has 5 N–H and O–H groups in total. The number of β-lactam (4-membered cyclic amide) rings is 1. The molecule has 1 aromatic carbocycles. The van der Waals surface area contributed by atoms with Gasteiger partial charge in [-0.1, -0.05) is 19.1 Å². The summed E-state index contributed by atoms with van der Waals surface area (Å²) < 4.78 is 30.1. The van der Waals surface area contributed by atoms with Gasteiger partial charge in [0.15, 0.2) is 0 Å². The Balaban J connectivity index is 1.49. The predicted octanol–water partition coefficient (Wildman–Crippen LogP) is 1.11. The number of aliphatic carboxylic acids is 1. The number of nitrogens with one attached hydrogen (secondary N) is 1. The number of aliphatic hydroxyl groups is 1. The number of imidazole rings is 1. The molecule has 2 aliphatic rings. The van der Waals surface area contributed by atoms with Gasteiger partial charge in [0.1, 0.15) is 16.9 Å². The molecule has 2 aliphatic heterocycles. The summed E-state index contributed by atoms with van der Waals surface area (Å²) in [6.07, 6.45) is 2.06. The highest BCUT2D eigenvalue weighted by molar-refractivity contribution is 7.89. The molecule has 5 rings (SSSR count). The van der Waals surface area contributed by atoms with E-state index in [1.807, 2.05) is 6.92 Å².